The molecule has 0 unspecified atom stereocenters. The highest BCUT2D eigenvalue weighted by molar-refractivity contribution is 8.18. The Morgan fingerprint density at radius 1 is 1.25 bits per heavy atom. The lowest BCUT2D eigenvalue weighted by Crippen LogP contribution is -2.36. The van der Waals surface area contributed by atoms with E-state index in [2.05, 4.69) is 5.32 Å². The van der Waals surface area contributed by atoms with Crippen molar-refractivity contribution in [2.45, 2.75) is 0 Å². The van der Waals surface area contributed by atoms with Crippen LogP contribution in [-0.4, -0.2) is 66.8 Å². The Hall–Kier alpha value is -3.61. The maximum absolute atomic E-state index is 13.0. The lowest BCUT2D eigenvalue weighted by atomic mass is 10.1. The highest BCUT2D eigenvalue weighted by Crippen LogP contribution is 2.36. The first-order valence-electron chi connectivity index (χ1n) is 10.8. The SMILES string of the molecule is COc1ccc(NC(=O)CN2C(=O)S/C(=C\c3cc([N+](=O)[O-])ccc3N3CCOCC3)C2=O)cc1Cl. The second-order valence-corrected chi connectivity index (χ2v) is 9.17. The summed E-state index contributed by atoms with van der Waals surface area (Å²) >= 11 is 6.74. The van der Waals surface area contributed by atoms with E-state index >= 15 is 0 Å². The molecule has 0 saturated carbocycles. The molecular formula is C23H21ClN4O7S. The number of nitrogens with zero attached hydrogens (tertiary/aromatic N) is 3. The van der Waals surface area contributed by atoms with Crippen LogP contribution in [0.15, 0.2) is 41.3 Å². The van der Waals surface area contributed by atoms with Crippen LogP contribution in [0.4, 0.5) is 21.9 Å². The maximum Gasteiger partial charge on any atom is 0.294 e. The van der Waals surface area contributed by atoms with Gasteiger partial charge in [-0.3, -0.25) is 29.4 Å². The first-order valence-corrected chi connectivity index (χ1v) is 12.0. The van der Waals surface area contributed by atoms with E-state index in [9.17, 15) is 24.5 Å². The molecule has 13 heteroatoms. The molecular weight excluding hydrogens is 512 g/mol. The molecule has 2 heterocycles. The third-order valence-electron chi connectivity index (χ3n) is 5.47. The Kier molecular flexibility index (Phi) is 7.77. The number of nitrogens with one attached hydrogen (secondary N) is 1. The zero-order valence-electron chi connectivity index (χ0n) is 19.1. The number of imide groups is 1. The monoisotopic (exact) mass is 532 g/mol. The van der Waals surface area contributed by atoms with Crippen molar-refractivity contribution in [1.82, 2.24) is 4.90 Å². The summed E-state index contributed by atoms with van der Waals surface area (Å²) in [7, 11) is 1.46. The van der Waals surface area contributed by atoms with Gasteiger partial charge in [0, 0.05) is 42.2 Å². The highest BCUT2D eigenvalue weighted by Gasteiger charge is 2.36. The van der Waals surface area contributed by atoms with E-state index < -0.39 is 28.5 Å². The minimum Gasteiger partial charge on any atom is -0.495 e. The van der Waals surface area contributed by atoms with Crippen LogP contribution < -0.4 is 15.0 Å². The largest absolute Gasteiger partial charge is 0.495 e. The number of benzene rings is 2. The first-order chi connectivity index (χ1) is 17.3. The molecule has 0 aliphatic carbocycles. The van der Waals surface area contributed by atoms with Crippen LogP contribution in [0.5, 0.6) is 5.75 Å². The normalized spacial score (nSPS) is 17.0. The molecule has 0 radical (unpaired) electrons. The summed E-state index contributed by atoms with van der Waals surface area (Å²) in [5, 5.41) is 13.6. The molecule has 3 amide bonds. The minimum atomic E-state index is -0.660. The van der Waals surface area contributed by atoms with Crippen molar-refractivity contribution in [2.24, 2.45) is 0 Å². The van der Waals surface area contributed by atoms with Gasteiger partial charge in [-0.25, -0.2) is 0 Å². The van der Waals surface area contributed by atoms with Crippen LogP contribution in [0.1, 0.15) is 5.56 Å². The molecule has 0 spiro atoms. The van der Waals surface area contributed by atoms with Crippen LogP contribution in [0.25, 0.3) is 6.08 Å². The first kappa shape index (κ1) is 25.5. The van der Waals surface area contributed by atoms with Crippen molar-refractivity contribution in [3.8, 4) is 5.75 Å². The van der Waals surface area contributed by atoms with Crippen LogP contribution in [0, 0.1) is 10.1 Å². The standard InChI is InChI=1S/C23H21ClN4O7S/c1-34-19-5-2-15(12-17(19)24)25-21(29)13-27-22(30)20(36-23(27)31)11-14-10-16(28(32)33)3-4-18(14)26-6-8-35-9-7-26/h2-5,10-12H,6-9,13H2,1H3,(H,25,29)/b20-11-. The fourth-order valence-corrected chi connectivity index (χ4v) is 4.82. The molecule has 0 bridgehead atoms. The smallest absolute Gasteiger partial charge is 0.294 e. The summed E-state index contributed by atoms with van der Waals surface area (Å²) in [5.41, 5.74) is 1.34. The van der Waals surface area contributed by atoms with E-state index in [0.29, 0.717) is 60.8 Å². The molecule has 11 nitrogen and oxygen atoms in total. The second-order valence-electron chi connectivity index (χ2n) is 7.77. The van der Waals surface area contributed by atoms with Crippen molar-refractivity contribution in [1.29, 1.82) is 0 Å². The molecule has 4 rings (SSSR count). The molecule has 2 aromatic carbocycles. The van der Waals surface area contributed by atoms with E-state index in [4.69, 9.17) is 21.1 Å². The molecule has 2 aliphatic rings. The third kappa shape index (κ3) is 5.61. The van der Waals surface area contributed by atoms with Gasteiger partial charge in [-0.05, 0) is 42.1 Å². The quantitative estimate of drug-likeness (QED) is 0.321. The number of ether oxygens (including phenoxy) is 2. The van der Waals surface area contributed by atoms with E-state index in [1.165, 1.54) is 31.4 Å². The van der Waals surface area contributed by atoms with Gasteiger partial charge >= 0.3 is 0 Å². The maximum atomic E-state index is 13.0. The Morgan fingerprint density at radius 2 is 2.00 bits per heavy atom. The summed E-state index contributed by atoms with van der Waals surface area (Å²) in [5.74, 6) is -0.820. The number of anilines is 2. The van der Waals surface area contributed by atoms with Crippen molar-refractivity contribution < 1.29 is 28.8 Å². The number of methoxy groups -OCH3 is 1. The van der Waals surface area contributed by atoms with E-state index in [1.807, 2.05) is 4.90 Å². The van der Waals surface area contributed by atoms with Crippen LogP contribution in [0.3, 0.4) is 0 Å². The number of thioether (sulfide) groups is 1. The van der Waals surface area contributed by atoms with Crippen LogP contribution in [-0.2, 0) is 14.3 Å². The number of amides is 3. The lowest BCUT2D eigenvalue weighted by molar-refractivity contribution is -0.384. The third-order valence-corrected chi connectivity index (χ3v) is 6.67. The van der Waals surface area contributed by atoms with Gasteiger partial charge in [-0.2, -0.15) is 0 Å². The van der Waals surface area contributed by atoms with Gasteiger partial charge in [0.15, 0.2) is 0 Å². The summed E-state index contributed by atoms with van der Waals surface area (Å²) in [6.07, 6.45) is 1.45. The molecule has 2 fully saturated rings. The van der Waals surface area contributed by atoms with Gasteiger partial charge in [-0.15, -0.1) is 0 Å². The number of nitro groups is 1. The molecule has 2 saturated heterocycles. The average molecular weight is 533 g/mol. The molecule has 0 atom stereocenters. The van der Waals surface area contributed by atoms with Gasteiger partial charge < -0.3 is 19.7 Å². The highest BCUT2D eigenvalue weighted by atomic mass is 35.5. The second kappa shape index (κ2) is 11.0. The zero-order chi connectivity index (χ0) is 25.8. The minimum absolute atomic E-state index is 0.0651. The Bertz CT molecular complexity index is 1260. The molecule has 1 N–H and O–H groups in total. The predicted octanol–water partition coefficient (Wildman–Crippen LogP) is 3.77. The zero-order valence-corrected chi connectivity index (χ0v) is 20.6. The molecule has 2 aliphatic heterocycles. The number of nitro benzene ring substituents is 1. The van der Waals surface area contributed by atoms with Crippen molar-refractivity contribution in [3.63, 3.8) is 0 Å². The topological polar surface area (TPSA) is 131 Å². The van der Waals surface area contributed by atoms with Gasteiger partial charge in [-0.1, -0.05) is 11.6 Å². The van der Waals surface area contributed by atoms with Crippen LogP contribution in [0.2, 0.25) is 5.02 Å². The fourth-order valence-electron chi connectivity index (χ4n) is 3.73. The van der Waals surface area contributed by atoms with Crippen molar-refractivity contribution >= 4 is 63.6 Å². The number of morpholine rings is 1. The number of carbonyl (C=O) groups excluding carboxylic acids is 3. The summed E-state index contributed by atoms with van der Waals surface area (Å²) in [4.78, 5) is 51.7. The summed E-state index contributed by atoms with van der Waals surface area (Å²) in [6, 6.07) is 9.01. The van der Waals surface area contributed by atoms with E-state index in [0.717, 1.165) is 4.90 Å². The Labute approximate surface area is 215 Å². The average Bonchev–Trinajstić information content (AvgIpc) is 3.11. The molecule has 0 aromatic heterocycles. The van der Waals surface area contributed by atoms with E-state index in [-0.39, 0.29) is 15.6 Å². The number of halogens is 1. The van der Waals surface area contributed by atoms with Crippen LogP contribution >= 0.6 is 23.4 Å². The van der Waals surface area contributed by atoms with Gasteiger partial charge in [0.2, 0.25) is 5.91 Å². The Morgan fingerprint density at radius 3 is 2.67 bits per heavy atom. The predicted molar refractivity (Wildman–Crippen MR) is 135 cm³/mol. The molecule has 188 valence electrons. The van der Waals surface area contributed by atoms with Gasteiger partial charge in [0.25, 0.3) is 16.8 Å². The van der Waals surface area contributed by atoms with Crippen molar-refractivity contribution in [2.75, 3.05) is 50.2 Å². The van der Waals surface area contributed by atoms with Gasteiger partial charge in [0.05, 0.1) is 35.2 Å². The number of hydrogen-bond donors (Lipinski definition) is 1. The Balaban J connectivity index is 1.53. The molecule has 2 aromatic rings. The molecule has 36 heavy (non-hydrogen) atoms. The summed E-state index contributed by atoms with van der Waals surface area (Å²) < 4.78 is 10.4. The fraction of sp³-hybridized carbons (Fsp3) is 0.261. The number of non-ortho nitro benzene ring substituents is 1. The number of carbonyl (C=O) groups is 3. The lowest BCUT2D eigenvalue weighted by Gasteiger charge is -2.30. The van der Waals surface area contributed by atoms with E-state index in [1.54, 1.807) is 18.2 Å². The number of rotatable bonds is 7. The van der Waals surface area contributed by atoms with Crippen molar-refractivity contribution in [3.05, 3.63) is 62.0 Å². The number of hydrogen-bond acceptors (Lipinski definition) is 9. The summed E-state index contributed by atoms with van der Waals surface area (Å²) in [6.45, 7) is 1.66. The van der Waals surface area contributed by atoms with Gasteiger partial charge in [0.1, 0.15) is 12.3 Å².